The van der Waals surface area contributed by atoms with E-state index in [9.17, 15) is 4.79 Å². The maximum atomic E-state index is 11.9. The normalized spacial score (nSPS) is 15.7. The van der Waals surface area contributed by atoms with Gasteiger partial charge >= 0.3 is 0 Å². The summed E-state index contributed by atoms with van der Waals surface area (Å²) < 4.78 is 11.3. The average molecular weight is 562 g/mol. The number of anilines is 1. The van der Waals surface area contributed by atoms with Crippen molar-refractivity contribution in [2.75, 3.05) is 72.0 Å². The number of rotatable bonds is 13. The molecule has 1 aliphatic rings. The van der Waals surface area contributed by atoms with Gasteiger partial charge in [0, 0.05) is 59.7 Å². The monoisotopic (exact) mass is 561 g/mol. The van der Waals surface area contributed by atoms with Crippen LogP contribution in [-0.2, 0) is 14.3 Å². The minimum Gasteiger partial charge on any atom is -0.379 e. The van der Waals surface area contributed by atoms with E-state index in [0.29, 0.717) is 19.2 Å². The lowest BCUT2D eigenvalue weighted by atomic mass is 10.2. The number of aliphatic imine (C=N–C) groups is 1. The zero-order chi connectivity index (χ0) is 22.3. The van der Waals surface area contributed by atoms with Crippen molar-refractivity contribution in [3.8, 4) is 0 Å². The minimum absolute atomic E-state index is 0. The summed E-state index contributed by atoms with van der Waals surface area (Å²) in [5, 5.41) is 6.64. The predicted molar refractivity (Wildman–Crippen MR) is 141 cm³/mol. The molecule has 1 amide bonds. The molecular weight excluding hydrogens is 521 g/mol. The molecule has 182 valence electrons. The number of guanidine groups is 1. The quantitative estimate of drug-likeness (QED) is 0.167. The fraction of sp³-hybridized carbons (Fsp3) is 0.652. The van der Waals surface area contributed by atoms with Gasteiger partial charge in [0.25, 0.3) is 0 Å². The summed E-state index contributed by atoms with van der Waals surface area (Å²) in [5.74, 6) is 0.640. The van der Waals surface area contributed by atoms with Gasteiger partial charge in [0.05, 0.1) is 12.7 Å². The van der Waals surface area contributed by atoms with E-state index in [1.54, 1.807) is 19.0 Å². The van der Waals surface area contributed by atoms with Crippen LogP contribution in [0, 0.1) is 0 Å². The van der Waals surface area contributed by atoms with Crippen molar-refractivity contribution in [2.45, 2.75) is 31.8 Å². The van der Waals surface area contributed by atoms with E-state index in [2.05, 4.69) is 39.7 Å². The molecule has 9 heteroatoms. The van der Waals surface area contributed by atoms with Crippen LogP contribution in [0.5, 0.6) is 0 Å². The first-order valence-corrected chi connectivity index (χ1v) is 11.2. The fourth-order valence-electron chi connectivity index (χ4n) is 3.17. The number of hydrogen-bond acceptors (Lipinski definition) is 5. The maximum Gasteiger partial charge on any atom is 0.243 e. The Labute approximate surface area is 210 Å². The smallest absolute Gasteiger partial charge is 0.243 e. The number of ether oxygens (including phenoxy) is 2. The Morgan fingerprint density at radius 1 is 1.16 bits per heavy atom. The molecule has 1 aliphatic heterocycles. The molecule has 0 aliphatic carbocycles. The standard InChI is InChI=1S/C23H39N5O3.HI/c1-27(2)22(29)18-26-23(25-14-9-16-30-19-21-12-7-17-31-21)24-13-8-15-28(3)20-10-5-4-6-11-20;/h4-6,10-11,21H,7-9,12-19H2,1-3H3,(H2,24,25,26);1H. The molecule has 1 heterocycles. The van der Waals surface area contributed by atoms with Crippen molar-refractivity contribution in [3.05, 3.63) is 30.3 Å². The number of benzene rings is 1. The molecule has 0 bridgehead atoms. The van der Waals surface area contributed by atoms with E-state index in [4.69, 9.17) is 9.47 Å². The van der Waals surface area contributed by atoms with Gasteiger partial charge in [-0.3, -0.25) is 4.79 Å². The van der Waals surface area contributed by atoms with E-state index >= 15 is 0 Å². The zero-order valence-electron chi connectivity index (χ0n) is 19.7. The third-order valence-electron chi connectivity index (χ3n) is 5.12. The second-order valence-corrected chi connectivity index (χ2v) is 7.98. The zero-order valence-corrected chi connectivity index (χ0v) is 22.0. The first-order valence-electron chi connectivity index (χ1n) is 11.2. The highest BCUT2D eigenvalue weighted by atomic mass is 127. The van der Waals surface area contributed by atoms with E-state index < -0.39 is 0 Å². The molecule has 0 aromatic heterocycles. The van der Waals surface area contributed by atoms with E-state index in [1.165, 1.54) is 5.69 Å². The van der Waals surface area contributed by atoms with Gasteiger partial charge in [-0.05, 0) is 37.8 Å². The maximum absolute atomic E-state index is 11.9. The number of carbonyl (C=O) groups is 1. The van der Waals surface area contributed by atoms with Crippen LogP contribution >= 0.6 is 24.0 Å². The van der Waals surface area contributed by atoms with Crippen LogP contribution in [0.3, 0.4) is 0 Å². The number of hydrogen-bond donors (Lipinski definition) is 2. The van der Waals surface area contributed by atoms with Crippen LogP contribution in [0.25, 0.3) is 0 Å². The molecule has 0 saturated carbocycles. The largest absolute Gasteiger partial charge is 0.379 e. The van der Waals surface area contributed by atoms with Crippen molar-refractivity contribution in [3.63, 3.8) is 0 Å². The van der Waals surface area contributed by atoms with Gasteiger partial charge in [-0.1, -0.05) is 18.2 Å². The van der Waals surface area contributed by atoms with E-state index in [1.807, 2.05) is 18.2 Å². The fourth-order valence-corrected chi connectivity index (χ4v) is 3.17. The summed E-state index contributed by atoms with van der Waals surface area (Å²) in [7, 11) is 5.57. The third-order valence-corrected chi connectivity index (χ3v) is 5.12. The average Bonchev–Trinajstić information content (AvgIpc) is 3.30. The van der Waals surface area contributed by atoms with Crippen LogP contribution < -0.4 is 15.5 Å². The second-order valence-electron chi connectivity index (χ2n) is 7.98. The summed E-state index contributed by atoms with van der Waals surface area (Å²) in [5.41, 5.74) is 1.20. The Balaban J connectivity index is 0.00000512. The highest BCUT2D eigenvalue weighted by Gasteiger charge is 2.14. The molecule has 0 radical (unpaired) electrons. The summed E-state index contributed by atoms with van der Waals surface area (Å²) in [6.07, 6.45) is 4.31. The Bertz CT molecular complexity index is 654. The number of nitrogens with zero attached hydrogens (tertiary/aromatic N) is 3. The van der Waals surface area contributed by atoms with Gasteiger partial charge < -0.3 is 29.9 Å². The van der Waals surface area contributed by atoms with Gasteiger partial charge in [0.2, 0.25) is 5.91 Å². The lowest BCUT2D eigenvalue weighted by Crippen LogP contribution is -2.40. The Morgan fingerprint density at radius 2 is 1.88 bits per heavy atom. The molecule has 2 rings (SSSR count). The van der Waals surface area contributed by atoms with Gasteiger partial charge in [-0.2, -0.15) is 0 Å². The van der Waals surface area contributed by atoms with Crippen LogP contribution in [-0.4, -0.2) is 90.0 Å². The number of likely N-dealkylation sites (N-methyl/N-ethyl adjacent to an activating group) is 1. The molecule has 8 nitrogen and oxygen atoms in total. The first-order chi connectivity index (χ1) is 15.1. The molecule has 1 aromatic carbocycles. The summed E-state index contributed by atoms with van der Waals surface area (Å²) >= 11 is 0. The number of carbonyl (C=O) groups excluding carboxylic acids is 1. The van der Waals surface area contributed by atoms with Gasteiger partial charge in [0.15, 0.2) is 5.96 Å². The lowest BCUT2D eigenvalue weighted by molar-refractivity contribution is -0.127. The molecule has 0 spiro atoms. The molecule has 1 fully saturated rings. The minimum atomic E-state index is -0.0233. The predicted octanol–water partition coefficient (Wildman–Crippen LogP) is 2.34. The van der Waals surface area contributed by atoms with E-state index in [-0.39, 0.29) is 42.5 Å². The Kier molecular flexibility index (Phi) is 15.1. The van der Waals surface area contributed by atoms with Crippen LogP contribution in [0.4, 0.5) is 5.69 Å². The molecule has 1 unspecified atom stereocenters. The van der Waals surface area contributed by atoms with Crippen LogP contribution in [0.2, 0.25) is 0 Å². The third kappa shape index (κ3) is 11.9. The Morgan fingerprint density at radius 3 is 2.53 bits per heavy atom. The summed E-state index contributed by atoms with van der Waals surface area (Å²) in [4.78, 5) is 20.1. The van der Waals surface area contributed by atoms with Crippen molar-refractivity contribution in [1.29, 1.82) is 0 Å². The SMILES string of the molecule is CN(C)C(=O)CN=C(NCCCOCC1CCCO1)NCCCN(C)c1ccccc1.I. The highest BCUT2D eigenvalue weighted by Crippen LogP contribution is 2.12. The van der Waals surface area contributed by atoms with Gasteiger partial charge in [-0.15, -0.1) is 24.0 Å². The molecule has 1 aromatic rings. The number of nitrogens with one attached hydrogen (secondary N) is 2. The number of amides is 1. The van der Waals surface area contributed by atoms with Crippen molar-refractivity contribution in [1.82, 2.24) is 15.5 Å². The van der Waals surface area contributed by atoms with Crippen LogP contribution in [0.1, 0.15) is 25.7 Å². The van der Waals surface area contributed by atoms with E-state index in [0.717, 1.165) is 51.9 Å². The number of para-hydroxylation sites is 1. The lowest BCUT2D eigenvalue weighted by Gasteiger charge is -2.20. The topological polar surface area (TPSA) is 78.4 Å². The molecule has 1 atom stereocenters. The molecule has 32 heavy (non-hydrogen) atoms. The van der Waals surface area contributed by atoms with Gasteiger partial charge in [0.1, 0.15) is 6.54 Å². The number of halogens is 1. The highest BCUT2D eigenvalue weighted by molar-refractivity contribution is 14.0. The first kappa shape index (κ1) is 28.4. The van der Waals surface area contributed by atoms with Crippen LogP contribution in [0.15, 0.2) is 35.3 Å². The summed E-state index contributed by atoms with van der Waals surface area (Å²) in [6.45, 7) is 4.77. The Hall–Kier alpha value is -1.59. The summed E-state index contributed by atoms with van der Waals surface area (Å²) in [6, 6.07) is 10.3. The van der Waals surface area contributed by atoms with Crippen molar-refractivity contribution in [2.24, 2.45) is 4.99 Å². The molecule has 1 saturated heterocycles. The van der Waals surface area contributed by atoms with Crippen molar-refractivity contribution >= 4 is 41.5 Å². The van der Waals surface area contributed by atoms with Crippen molar-refractivity contribution < 1.29 is 14.3 Å². The molecular formula is C23H40IN5O3. The second kappa shape index (κ2) is 17.0. The van der Waals surface area contributed by atoms with Gasteiger partial charge in [-0.25, -0.2) is 4.99 Å². The molecule has 2 N–H and O–H groups in total.